The van der Waals surface area contributed by atoms with Crippen LogP contribution in [0.5, 0.6) is 0 Å². The summed E-state index contributed by atoms with van der Waals surface area (Å²) in [4.78, 5) is 31.6. The van der Waals surface area contributed by atoms with Crippen LogP contribution < -0.4 is 4.90 Å². The quantitative estimate of drug-likeness (QED) is 0.252. The summed E-state index contributed by atoms with van der Waals surface area (Å²) in [6.45, 7) is 3.57. The van der Waals surface area contributed by atoms with Crippen LogP contribution in [0.15, 0.2) is 76.3 Å². The van der Waals surface area contributed by atoms with Crippen LogP contribution in [-0.2, 0) is 11.3 Å². The van der Waals surface area contributed by atoms with Gasteiger partial charge in [0.25, 0.3) is 5.91 Å². The molecule has 4 rings (SSSR count). The van der Waals surface area contributed by atoms with E-state index in [0.29, 0.717) is 22.2 Å². The molecule has 6 nitrogen and oxygen atoms in total. The normalized spacial score (nSPS) is 14.6. The number of thioether (sulfide) groups is 1. The minimum absolute atomic E-state index is 0.0626. The molecule has 0 spiro atoms. The van der Waals surface area contributed by atoms with Gasteiger partial charge in [-0.15, -0.1) is 0 Å². The zero-order chi connectivity index (χ0) is 23.0. The van der Waals surface area contributed by atoms with Gasteiger partial charge in [-0.2, -0.15) is 13.2 Å². The Morgan fingerprint density at radius 1 is 1.06 bits per heavy atom. The molecule has 0 bridgehead atoms. The van der Waals surface area contributed by atoms with E-state index in [4.69, 9.17) is 16.0 Å². The average Bonchev–Trinajstić information content (AvgIpc) is 3.28. The zero-order valence-electron chi connectivity index (χ0n) is 16.1. The molecule has 3 amide bonds. The number of halogens is 4. The Bertz CT molecular complexity index is 1190. The summed E-state index contributed by atoms with van der Waals surface area (Å²) in [6.07, 6.45) is 1.43. The number of hydrogen-bond donors (Lipinski definition) is 0. The molecule has 164 valence electrons. The second-order valence-corrected chi connectivity index (χ2v) is 8.21. The maximum Gasteiger partial charge on any atom is 0.446 e. The molecule has 1 aliphatic rings. The number of aromatic nitrogens is 1. The summed E-state index contributed by atoms with van der Waals surface area (Å²) in [7, 11) is 0. The average molecular weight is 480 g/mol. The van der Waals surface area contributed by atoms with Gasteiger partial charge in [0, 0.05) is 15.5 Å². The number of imide groups is 1. The Kier molecular flexibility index (Phi) is 5.74. The number of hydrogen-bond acceptors (Lipinski definition) is 5. The molecule has 1 aliphatic heterocycles. The van der Waals surface area contributed by atoms with Crippen molar-refractivity contribution < 1.29 is 27.2 Å². The van der Waals surface area contributed by atoms with Crippen molar-refractivity contribution in [2.24, 2.45) is 0 Å². The summed E-state index contributed by atoms with van der Waals surface area (Å²) >= 11 is 5.59. The zero-order valence-corrected chi connectivity index (χ0v) is 17.7. The van der Waals surface area contributed by atoms with Crippen LogP contribution >= 0.6 is 23.4 Å². The SMILES string of the molecule is C=C1C(=O)N(c2ccc(SC(F)(F)F)cc2)C(=O)N1Cc1cnc(-c2ccc(Cl)cc2)o1. The summed E-state index contributed by atoms with van der Waals surface area (Å²) in [5, 5.41) is 0.558. The maximum atomic E-state index is 12.9. The van der Waals surface area contributed by atoms with Gasteiger partial charge in [-0.1, -0.05) is 18.2 Å². The number of nitrogens with zero attached hydrogens (tertiary/aromatic N) is 3. The number of carbonyl (C=O) groups is 2. The first kappa shape index (κ1) is 22.0. The van der Waals surface area contributed by atoms with Crippen molar-refractivity contribution in [1.29, 1.82) is 0 Å². The van der Waals surface area contributed by atoms with Crippen LogP contribution in [0.25, 0.3) is 11.5 Å². The number of alkyl halides is 3. The predicted octanol–water partition coefficient (Wildman–Crippen LogP) is 6.09. The highest BCUT2D eigenvalue weighted by atomic mass is 35.5. The topological polar surface area (TPSA) is 66.7 Å². The van der Waals surface area contributed by atoms with Gasteiger partial charge in [0.15, 0.2) is 0 Å². The second kappa shape index (κ2) is 8.36. The molecule has 2 heterocycles. The molecule has 1 saturated heterocycles. The van der Waals surface area contributed by atoms with Crippen molar-refractivity contribution in [1.82, 2.24) is 9.88 Å². The molecule has 0 N–H and O–H groups in total. The van der Waals surface area contributed by atoms with E-state index in [-0.39, 0.29) is 34.6 Å². The summed E-state index contributed by atoms with van der Waals surface area (Å²) in [6, 6.07) is 11.0. The molecule has 0 atom stereocenters. The number of urea groups is 1. The fourth-order valence-electron chi connectivity index (χ4n) is 3.02. The highest BCUT2D eigenvalue weighted by Gasteiger charge is 2.41. The molecule has 2 aromatic carbocycles. The molecular formula is C21H13ClF3N3O3S. The monoisotopic (exact) mass is 479 g/mol. The third-order valence-electron chi connectivity index (χ3n) is 4.49. The Morgan fingerprint density at radius 2 is 1.72 bits per heavy atom. The lowest BCUT2D eigenvalue weighted by Gasteiger charge is -2.16. The van der Waals surface area contributed by atoms with Crippen molar-refractivity contribution in [3.8, 4) is 11.5 Å². The number of carbonyl (C=O) groups excluding carboxylic acids is 2. The van der Waals surface area contributed by atoms with Gasteiger partial charge in [0.05, 0.1) is 18.4 Å². The number of amides is 3. The van der Waals surface area contributed by atoms with Crippen molar-refractivity contribution in [2.45, 2.75) is 16.9 Å². The van der Waals surface area contributed by atoms with Crippen molar-refractivity contribution in [3.63, 3.8) is 0 Å². The molecule has 0 radical (unpaired) electrons. The van der Waals surface area contributed by atoms with Gasteiger partial charge in [-0.25, -0.2) is 14.7 Å². The van der Waals surface area contributed by atoms with Crippen molar-refractivity contribution in [2.75, 3.05) is 4.90 Å². The van der Waals surface area contributed by atoms with E-state index in [0.717, 1.165) is 9.80 Å². The minimum atomic E-state index is -4.44. The lowest BCUT2D eigenvalue weighted by atomic mass is 10.2. The molecule has 0 aliphatic carbocycles. The summed E-state index contributed by atoms with van der Waals surface area (Å²) in [5.74, 6) is -0.0467. The lowest BCUT2D eigenvalue weighted by Crippen LogP contribution is -2.32. The fraction of sp³-hybridized carbons (Fsp3) is 0.0952. The van der Waals surface area contributed by atoms with E-state index >= 15 is 0 Å². The number of anilines is 1. The van der Waals surface area contributed by atoms with E-state index < -0.39 is 17.4 Å². The van der Waals surface area contributed by atoms with Crippen LogP contribution in [0.2, 0.25) is 5.02 Å². The number of oxazole rings is 1. The number of rotatable bonds is 5. The summed E-state index contributed by atoms with van der Waals surface area (Å²) in [5.41, 5.74) is -3.71. The fourth-order valence-corrected chi connectivity index (χ4v) is 3.68. The Morgan fingerprint density at radius 3 is 2.34 bits per heavy atom. The van der Waals surface area contributed by atoms with Gasteiger partial charge >= 0.3 is 11.5 Å². The maximum absolute atomic E-state index is 12.9. The Balaban J connectivity index is 1.51. The molecule has 32 heavy (non-hydrogen) atoms. The standard InChI is InChI=1S/C21H13ClF3N3O3S/c1-12-19(29)28(15-6-8-17(9-7-15)32-21(23,24)25)20(30)27(12)11-16-10-26-18(31-16)13-2-4-14(22)5-3-13/h2-10H,1,11H2. The molecule has 0 unspecified atom stereocenters. The van der Waals surface area contributed by atoms with Crippen LogP contribution in [0.3, 0.4) is 0 Å². The molecule has 1 fully saturated rings. The Labute approximate surface area is 189 Å². The van der Waals surface area contributed by atoms with E-state index in [1.54, 1.807) is 24.3 Å². The molecule has 1 aromatic heterocycles. The van der Waals surface area contributed by atoms with Crippen LogP contribution in [0.4, 0.5) is 23.7 Å². The second-order valence-electron chi connectivity index (χ2n) is 6.64. The van der Waals surface area contributed by atoms with E-state index in [1.807, 2.05) is 0 Å². The van der Waals surface area contributed by atoms with Gasteiger partial charge in [0.2, 0.25) is 5.89 Å². The van der Waals surface area contributed by atoms with Crippen molar-refractivity contribution in [3.05, 3.63) is 77.8 Å². The first-order valence-corrected chi connectivity index (χ1v) is 10.2. The molecular weight excluding hydrogens is 467 g/mol. The first-order valence-electron chi connectivity index (χ1n) is 9.04. The third-order valence-corrected chi connectivity index (χ3v) is 5.48. The van der Waals surface area contributed by atoms with Crippen LogP contribution in [-0.4, -0.2) is 27.3 Å². The number of benzene rings is 2. The third kappa shape index (κ3) is 4.51. The first-order chi connectivity index (χ1) is 15.1. The molecule has 11 heteroatoms. The van der Waals surface area contributed by atoms with E-state index in [2.05, 4.69) is 11.6 Å². The predicted molar refractivity (Wildman–Crippen MR) is 113 cm³/mol. The highest BCUT2D eigenvalue weighted by Crippen LogP contribution is 2.38. The minimum Gasteiger partial charge on any atom is -0.439 e. The smallest absolute Gasteiger partial charge is 0.439 e. The molecule has 3 aromatic rings. The van der Waals surface area contributed by atoms with Crippen LogP contribution in [0.1, 0.15) is 5.76 Å². The van der Waals surface area contributed by atoms with E-state index in [9.17, 15) is 22.8 Å². The largest absolute Gasteiger partial charge is 0.446 e. The van der Waals surface area contributed by atoms with Gasteiger partial charge in [-0.3, -0.25) is 9.69 Å². The van der Waals surface area contributed by atoms with Crippen molar-refractivity contribution >= 4 is 41.0 Å². The Hall–Kier alpha value is -3.24. The summed E-state index contributed by atoms with van der Waals surface area (Å²) < 4.78 is 43.2. The van der Waals surface area contributed by atoms with Gasteiger partial charge in [-0.05, 0) is 60.3 Å². The van der Waals surface area contributed by atoms with Gasteiger partial charge < -0.3 is 4.42 Å². The molecule has 0 saturated carbocycles. The highest BCUT2D eigenvalue weighted by molar-refractivity contribution is 8.00. The van der Waals surface area contributed by atoms with E-state index in [1.165, 1.54) is 30.5 Å². The lowest BCUT2D eigenvalue weighted by molar-refractivity contribution is -0.114. The van der Waals surface area contributed by atoms with Crippen LogP contribution in [0, 0.1) is 0 Å². The van der Waals surface area contributed by atoms with Gasteiger partial charge in [0.1, 0.15) is 11.5 Å².